The standard InChI is InChI=1S/C6H15N.2C6H6O2.C5H12O3Si/c1-4-7(5-2)6-3;2*7-5-3-1-2-4-6(5)8;1-2-3-4-5-8-9(6)7/h4-6H2,1-3H3;2*1-4,7-8H;6H,2-5H2,1H3. The molecular weight excluding hydrogens is 430 g/mol. The summed E-state index contributed by atoms with van der Waals surface area (Å²) in [5, 5.41) is 34.7. The molecule has 0 radical (unpaired) electrons. The third-order valence-electron chi connectivity index (χ3n) is 4.08. The lowest BCUT2D eigenvalue weighted by Crippen LogP contribution is -2.21. The van der Waals surface area contributed by atoms with E-state index in [1.165, 1.54) is 43.9 Å². The van der Waals surface area contributed by atoms with Crippen molar-refractivity contribution < 1.29 is 34.1 Å². The van der Waals surface area contributed by atoms with Crippen LogP contribution < -0.4 is 0 Å². The number of unbranched alkanes of at least 4 members (excludes halogenated alkanes) is 2. The maximum atomic E-state index is 9.93. The van der Waals surface area contributed by atoms with Crippen LogP contribution in [0, 0.1) is 0 Å². The first-order valence-electron chi connectivity index (χ1n) is 10.7. The Morgan fingerprint density at radius 1 is 0.719 bits per heavy atom. The highest BCUT2D eigenvalue weighted by Crippen LogP contribution is 2.22. The maximum absolute atomic E-state index is 9.93. The van der Waals surface area contributed by atoms with Crippen LogP contribution >= 0.6 is 0 Å². The predicted octanol–water partition coefficient (Wildman–Crippen LogP) is 4.14. The normalized spacial score (nSPS) is 9.28. The van der Waals surface area contributed by atoms with Gasteiger partial charge in [0.15, 0.2) is 23.0 Å². The van der Waals surface area contributed by atoms with E-state index in [0.29, 0.717) is 6.61 Å². The number of hydrogen-bond donors (Lipinski definition) is 5. The zero-order valence-electron chi connectivity index (χ0n) is 19.6. The van der Waals surface area contributed by atoms with E-state index >= 15 is 0 Å². The Morgan fingerprint density at radius 3 is 1.25 bits per heavy atom. The molecule has 0 spiro atoms. The van der Waals surface area contributed by atoms with Gasteiger partial charge in [-0.15, -0.1) is 0 Å². The summed E-state index contributed by atoms with van der Waals surface area (Å²) in [6, 6.07) is 12.3. The van der Waals surface area contributed by atoms with E-state index in [9.17, 15) is 4.46 Å². The predicted molar refractivity (Wildman–Crippen MR) is 127 cm³/mol. The van der Waals surface area contributed by atoms with Gasteiger partial charge in [0, 0.05) is 0 Å². The van der Waals surface area contributed by atoms with Crippen molar-refractivity contribution in [3.63, 3.8) is 0 Å². The molecule has 0 aliphatic carbocycles. The number of phenols is 4. The van der Waals surface area contributed by atoms with Crippen molar-refractivity contribution in [1.82, 2.24) is 4.90 Å². The lowest BCUT2D eigenvalue weighted by atomic mass is 10.3. The molecule has 0 aliphatic heterocycles. The molecule has 0 fully saturated rings. The summed E-state index contributed by atoms with van der Waals surface area (Å²) in [7, 11) is -2.67. The number of benzene rings is 2. The highest BCUT2D eigenvalue weighted by Gasteiger charge is 2.00. The number of nitrogens with zero attached hydrogens (tertiary/aromatic N) is 1. The van der Waals surface area contributed by atoms with E-state index in [1.54, 1.807) is 24.3 Å². The minimum Gasteiger partial charge on any atom is -0.511 e. The zero-order chi connectivity index (χ0) is 24.8. The molecule has 0 heterocycles. The molecule has 0 atom stereocenters. The second-order valence-corrected chi connectivity index (χ2v) is 7.24. The zero-order valence-corrected chi connectivity index (χ0v) is 20.6. The quantitative estimate of drug-likeness (QED) is 0.221. The van der Waals surface area contributed by atoms with Gasteiger partial charge in [0.25, 0.3) is 0 Å². The molecule has 0 aliphatic rings. The number of hydrogen-bond acceptors (Lipinski definition) is 7. The number of phenolic OH excluding ortho intramolecular Hbond substituents is 4. The number of rotatable bonds is 8. The Hall–Kier alpha value is -2.78. The van der Waals surface area contributed by atoms with Crippen LogP contribution in [0.25, 0.3) is 0 Å². The lowest BCUT2D eigenvalue weighted by molar-refractivity contribution is 0.219. The van der Waals surface area contributed by atoms with Crippen molar-refractivity contribution in [1.29, 1.82) is 0 Å². The van der Waals surface area contributed by atoms with Crippen LogP contribution in [-0.2, 0) is 8.89 Å². The van der Waals surface area contributed by atoms with E-state index in [1.807, 2.05) is 0 Å². The molecule has 32 heavy (non-hydrogen) atoms. The van der Waals surface area contributed by atoms with Gasteiger partial charge >= 0.3 is 9.17 Å². The summed E-state index contributed by atoms with van der Waals surface area (Å²) < 4.78 is 14.4. The van der Waals surface area contributed by atoms with Crippen molar-refractivity contribution in [2.45, 2.75) is 47.0 Å². The first-order chi connectivity index (χ1) is 15.2. The van der Waals surface area contributed by atoms with Crippen molar-refractivity contribution in [2.24, 2.45) is 0 Å². The van der Waals surface area contributed by atoms with E-state index < -0.39 is 9.17 Å². The molecule has 9 heteroatoms. The molecule has 2 aromatic rings. The first-order valence-corrected chi connectivity index (χ1v) is 12.0. The number of aromatic hydroxyl groups is 4. The topological polar surface area (TPSA) is 131 Å². The van der Waals surface area contributed by atoms with Gasteiger partial charge in [0.1, 0.15) is 0 Å². The van der Waals surface area contributed by atoms with Crippen LogP contribution in [0.4, 0.5) is 0 Å². The third kappa shape index (κ3) is 19.2. The van der Waals surface area contributed by atoms with Crippen molar-refractivity contribution >= 4 is 9.17 Å². The van der Waals surface area contributed by atoms with Crippen molar-refractivity contribution in [2.75, 3.05) is 26.2 Å². The highest BCUT2D eigenvalue weighted by molar-refractivity contribution is 6.24. The van der Waals surface area contributed by atoms with E-state index in [-0.39, 0.29) is 23.0 Å². The Bertz CT molecular complexity index is 621. The number of para-hydroxylation sites is 4. The smallest absolute Gasteiger partial charge is 0.511 e. The van der Waals surface area contributed by atoms with Gasteiger partial charge in [-0.05, 0) is 50.3 Å². The van der Waals surface area contributed by atoms with Gasteiger partial charge in [-0.25, -0.2) is 0 Å². The van der Waals surface area contributed by atoms with Gasteiger partial charge in [-0.1, -0.05) is 64.8 Å². The second-order valence-electron chi connectivity index (χ2n) is 6.42. The summed E-state index contributed by atoms with van der Waals surface area (Å²) in [5.41, 5.74) is 0. The average Bonchev–Trinajstić information content (AvgIpc) is 2.78. The summed E-state index contributed by atoms with van der Waals surface area (Å²) in [6.07, 6.45) is 3.05. The Kier molecular flexibility index (Phi) is 21.0. The van der Waals surface area contributed by atoms with Gasteiger partial charge in [0.2, 0.25) is 0 Å². The molecule has 0 aromatic heterocycles. The lowest BCUT2D eigenvalue weighted by Gasteiger charge is -2.13. The maximum Gasteiger partial charge on any atom is 0.764 e. The fourth-order valence-electron chi connectivity index (χ4n) is 2.11. The van der Waals surface area contributed by atoms with Gasteiger partial charge in [-0.3, -0.25) is 4.46 Å². The fourth-order valence-corrected chi connectivity index (χ4v) is 2.43. The van der Waals surface area contributed by atoms with Crippen LogP contribution in [-0.4, -0.2) is 65.5 Å². The van der Waals surface area contributed by atoms with Crippen molar-refractivity contribution in [3.05, 3.63) is 48.5 Å². The Balaban J connectivity index is 0. The summed E-state index contributed by atoms with van der Waals surface area (Å²) in [4.78, 5) is 10.6. The molecule has 0 bridgehead atoms. The van der Waals surface area contributed by atoms with Crippen LogP contribution in [0.5, 0.6) is 23.0 Å². The molecular formula is C23H39NO7Si. The molecule has 0 unspecified atom stereocenters. The Morgan fingerprint density at radius 2 is 1.06 bits per heavy atom. The van der Waals surface area contributed by atoms with E-state index in [4.69, 9.17) is 25.2 Å². The van der Waals surface area contributed by atoms with Crippen LogP contribution in [0.15, 0.2) is 48.5 Å². The minimum absolute atomic E-state index is 0.0764. The van der Waals surface area contributed by atoms with Gasteiger partial charge in [-0.2, -0.15) is 0 Å². The van der Waals surface area contributed by atoms with E-state index in [2.05, 4.69) is 37.0 Å². The molecule has 2 rings (SSSR count). The summed E-state index contributed by atoms with van der Waals surface area (Å²) >= 11 is 0. The summed E-state index contributed by atoms with van der Waals surface area (Å²) in [6.45, 7) is 12.6. The average molecular weight is 470 g/mol. The van der Waals surface area contributed by atoms with Gasteiger partial charge in [0.05, 0.1) is 6.61 Å². The molecule has 182 valence electrons. The van der Waals surface area contributed by atoms with Crippen molar-refractivity contribution in [3.8, 4) is 23.0 Å². The molecule has 0 saturated heterocycles. The largest absolute Gasteiger partial charge is 0.764 e. The Labute approximate surface area is 193 Å². The first kappa shape index (κ1) is 31.4. The van der Waals surface area contributed by atoms with E-state index in [0.717, 1.165) is 19.3 Å². The molecule has 0 saturated carbocycles. The fraction of sp³-hybridized carbons (Fsp3) is 0.478. The molecule has 0 amide bonds. The van der Waals surface area contributed by atoms with Crippen LogP contribution in [0.2, 0.25) is 0 Å². The molecule has 2 aromatic carbocycles. The van der Waals surface area contributed by atoms with Gasteiger partial charge < -0.3 is 34.5 Å². The monoisotopic (exact) mass is 469 g/mol. The SMILES string of the molecule is CCCCCO[Si](=O)O.CCN(CC)CC.Oc1ccccc1O.Oc1ccccc1O. The molecule has 5 N–H and O–H groups in total. The second kappa shape index (κ2) is 21.4. The molecule has 8 nitrogen and oxygen atoms in total. The third-order valence-corrected chi connectivity index (χ3v) is 4.53. The van der Waals surface area contributed by atoms with Crippen LogP contribution in [0.1, 0.15) is 47.0 Å². The highest BCUT2D eigenvalue weighted by atomic mass is 28.3. The summed E-state index contributed by atoms with van der Waals surface area (Å²) in [5.74, 6) is -0.306. The van der Waals surface area contributed by atoms with Crippen LogP contribution in [0.3, 0.4) is 0 Å². The minimum atomic E-state index is -2.67.